The lowest BCUT2D eigenvalue weighted by Crippen LogP contribution is -2.41. The van der Waals surface area contributed by atoms with Crippen molar-refractivity contribution in [3.8, 4) is 0 Å². The number of likely N-dealkylation sites (tertiary alicyclic amines) is 1. The van der Waals surface area contributed by atoms with Gasteiger partial charge in [0.25, 0.3) is 0 Å². The van der Waals surface area contributed by atoms with Crippen molar-refractivity contribution >= 4 is 17.9 Å². The number of anilines is 2. The highest BCUT2D eigenvalue weighted by Crippen LogP contribution is 2.33. The summed E-state index contributed by atoms with van der Waals surface area (Å²) in [6.45, 7) is 0.910. The highest BCUT2D eigenvalue weighted by atomic mass is 19.4. The molecule has 1 unspecified atom stereocenters. The molecule has 1 atom stereocenters. The summed E-state index contributed by atoms with van der Waals surface area (Å²) < 4.78 is 38.6. The van der Waals surface area contributed by atoms with Crippen LogP contribution in [0.4, 0.5) is 29.7 Å². The topological polar surface area (TPSA) is 104 Å². The van der Waals surface area contributed by atoms with Crippen LogP contribution < -0.4 is 11.1 Å². The molecule has 0 spiro atoms. The number of rotatable bonds is 3. The number of nitrogen functional groups attached to an aromatic ring is 1. The smallest absolute Gasteiger partial charge is 0.421 e. The summed E-state index contributed by atoms with van der Waals surface area (Å²) >= 11 is 0. The molecule has 2 rings (SSSR count). The van der Waals surface area contributed by atoms with Crippen molar-refractivity contribution in [3.63, 3.8) is 0 Å². The summed E-state index contributed by atoms with van der Waals surface area (Å²) in [5.74, 6) is -0.721. The molecule has 1 saturated heterocycles. The van der Waals surface area contributed by atoms with E-state index in [1.807, 2.05) is 0 Å². The average Bonchev–Trinajstić information content (AvgIpc) is 2.44. The second-order valence-corrected chi connectivity index (χ2v) is 5.11. The van der Waals surface area contributed by atoms with Crippen molar-refractivity contribution in [3.05, 3.63) is 11.8 Å². The zero-order valence-corrected chi connectivity index (χ0v) is 11.6. The van der Waals surface area contributed by atoms with Gasteiger partial charge in [0.15, 0.2) is 0 Å². The Hall–Kier alpha value is -2.26. The predicted octanol–water partition coefficient (Wildman–Crippen LogP) is 1.88. The molecule has 1 aliphatic rings. The van der Waals surface area contributed by atoms with Gasteiger partial charge < -0.3 is 21.1 Å². The Labute approximate surface area is 124 Å². The maximum Gasteiger partial charge on any atom is 0.421 e. The van der Waals surface area contributed by atoms with Gasteiger partial charge in [-0.3, -0.25) is 0 Å². The second kappa shape index (κ2) is 6.24. The van der Waals surface area contributed by atoms with Gasteiger partial charge in [0.2, 0.25) is 5.95 Å². The highest BCUT2D eigenvalue weighted by molar-refractivity contribution is 5.65. The van der Waals surface area contributed by atoms with Crippen LogP contribution in [0.5, 0.6) is 0 Å². The van der Waals surface area contributed by atoms with Gasteiger partial charge in [-0.25, -0.2) is 9.78 Å². The number of nitrogens with zero attached hydrogens (tertiary/aromatic N) is 3. The minimum absolute atomic E-state index is 0.0814. The molecule has 0 bridgehead atoms. The molecule has 0 aromatic carbocycles. The monoisotopic (exact) mass is 319 g/mol. The fourth-order valence-corrected chi connectivity index (χ4v) is 2.38. The molecule has 0 aliphatic carbocycles. The molecule has 1 aliphatic heterocycles. The number of piperidine rings is 1. The number of hydrogen-bond acceptors (Lipinski definition) is 5. The number of nitrogens with two attached hydrogens (primary N) is 1. The lowest BCUT2D eigenvalue weighted by atomic mass is 9.98. The molecular formula is C12H16F3N5O2. The first kappa shape index (κ1) is 16.1. The number of carbonyl (C=O) groups is 1. The maximum absolute atomic E-state index is 12.9. The Morgan fingerprint density at radius 2 is 2.27 bits per heavy atom. The van der Waals surface area contributed by atoms with Crippen LogP contribution in [-0.4, -0.2) is 45.7 Å². The van der Waals surface area contributed by atoms with E-state index in [0.717, 1.165) is 6.42 Å². The number of halogens is 3. The Bertz CT molecular complexity index is 552. The van der Waals surface area contributed by atoms with Crippen LogP contribution >= 0.6 is 0 Å². The lowest BCUT2D eigenvalue weighted by Gasteiger charge is -2.31. The summed E-state index contributed by atoms with van der Waals surface area (Å²) in [6.07, 6.45) is -3.56. The van der Waals surface area contributed by atoms with Gasteiger partial charge in [0, 0.05) is 25.8 Å². The minimum Gasteiger partial charge on any atom is -0.465 e. The fourth-order valence-electron chi connectivity index (χ4n) is 2.38. The van der Waals surface area contributed by atoms with E-state index in [2.05, 4.69) is 15.3 Å². The zero-order chi connectivity index (χ0) is 16.3. The molecule has 1 aromatic rings. The van der Waals surface area contributed by atoms with Gasteiger partial charge in [0.05, 0.1) is 0 Å². The van der Waals surface area contributed by atoms with Gasteiger partial charge in [0.1, 0.15) is 11.4 Å². The summed E-state index contributed by atoms with van der Waals surface area (Å²) in [4.78, 5) is 19.1. The number of amides is 1. The standard InChI is InChI=1S/C12H16F3N5O2/c13-12(14,15)8-5-18-10(16)19-9(8)17-4-7-2-1-3-20(6-7)11(21)22/h5,7H,1-4,6H2,(H,21,22)(H3,16,17,18,19). The van der Waals surface area contributed by atoms with E-state index in [0.29, 0.717) is 19.2 Å². The molecular weight excluding hydrogens is 303 g/mol. The van der Waals surface area contributed by atoms with Crippen LogP contribution in [0.2, 0.25) is 0 Å². The van der Waals surface area contributed by atoms with Crippen molar-refractivity contribution in [2.45, 2.75) is 19.0 Å². The first-order chi connectivity index (χ1) is 10.3. The van der Waals surface area contributed by atoms with E-state index in [1.165, 1.54) is 4.90 Å². The van der Waals surface area contributed by atoms with E-state index in [1.54, 1.807) is 0 Å². The summed E-state index contributed by atoms with van der Waals surface area (Å²) in [7, 11) is 0. The first-order valence-corrected chi connectivity index (χ1v) is 6.69. The summed E-state index contributed by atoms with van der Waals surface area (Å²) in [6, 6.07) is 0. The van der Waals surface area contributed by atoms with Crippen LogP contribution in [0.25, 0.3) is 0 Å². The van der Waals surface area contributed by atoms with Crippen LogP contribution in [0.3, 0.4) is 0 Å². The van der Waals surface area contributed by atoms with E-state index >= 15 is 0 Å². The van der Waals surface area contributed by atoms with E-state index < -0.39 is 17.8 Å². The minimum atomic E-state index is -4.59. The normalized spacial score (nSPS) is 19.0. The van der Waals surface area contributed by atoms with E-state index in [9.17, 15) is 18.0 Å². The molecule has 1 aromatic heterocycles. The third kappa shape index (κ3) is 3.89. The number of alkyl halides is 3. The van der Waals surface area contributed by atoms with Crippen molar-refractivity contribution in [1.82, 2.24) is 14.9 Å². The zero-order valence-electron chi connectivity index (χ0n) is 11.6. The molecule has 22 heavy (non-hydrogen) atoms. The van der Waals surface area contributed by atoms with Gasteiger partial charge in [-0.05, 0) is 18.8 Å². The van der Waals surface area contributed by atoms with Crippen molar-refractivity contribution < 1.29 is 23.1 Å². The van der Waals surface area contributed by atoms with Crippen LogP contribution in [0, 0.1) is 5.92 Å². The van der Waals surface area contributed by atoms with Gasteiger partial charge >= 0.3 is 12.3 Å². The summed E-state index contributed by atoms with van der Waals surface area (Å²) in [5.41, 5.74) is 4.33. The lowest BCUT2D eigenvalue weighted by molar-refractivity contribution is -0.137. The van der Waals surface area contributed by atoms with E-state index in [-0.39, 0.29) is 30.8 Å². The molecule has 1 fully saturated rings. The second-order valence-electron chi connectivity index (χ2n) is 5.11. The summed E-state index contributed by atoms with van der Waals surface area (Å²) in [5, 5.41) is 11.6. The Morgan fingerprint density at radius 1 is 1.55 bits per heavy atom. The predicted molar refractivity (Wildman–Crippen MR) is 72.3 cm³/mol. The van der Waals surface area contributed by atoms with Crippen LogP contribution in [0.15, 0.2) is 6.20 Å². The van der Waals surface area contributed by atoms with Crippen LogP contribution in [0.1, 0.15) is 18.4 Å². The maximum atomic E-state index is 12.9. The van der Waals surface area contributed by atoms with Crippen molar-refractivity contribution in [2.24, 2.45) is 5.92 Å². The van der Waals surface area contributed by atoms with Crippen molar-refractivity contribution in [1.29, 1.82) is 0 Å². The first-order valence-electron chi connectivity index (χ1n) is 6.69. The third-order valence-corrected chi connectivity index (χ3v) is 3.46. The molecule has 7 nitrogen and oxygen atoms in total. The molecule has 0 radical (unpaired) electrons. The van der Waals surface area contributed by atoms with Crippen molar-refractivity contribution in [2.75, 3.05) is 30.7 Å². The molecule has 122 valence electrons. The number of carboxylic acid groups (broad SMARTS) is 1. The number of hydrogen-bond donors (Lipinski definition) is 3. The molecule has 1 amide bonds. The Kier molecular flexibility index (Phi) is 4.57. The largest absolute Gasteiger partial charge is 0.465 e. The van der Waals surface area contributed by atoms with Crippen LogP contribution in [-0.2, 0) is 6.18 Å². The SMILES string of the molecule is Nc1ncc(C(F)(F)F)c(NCC2CCCN(C(=O)O)C2)n1. The van der Waals surface area contributed by atoms with E-state index in [4.69, 9.17) is 10.8 Å². The quantitative estimate of drug-likeness (QED) is 0.786. The third-order valence-electron chi connectivity index (χ3n) is 3.46. The Morgan fingerprint density at radius 3 is 2.91 bits per heavy atom. The molecule has 4 N–H and O–H groups in total. The highest BCUT2D eigenvalue weighted by Gasteiger charge is 2.35. The van der Waals surface area contributed by atoms with Gasteiger partial charge in [-0.2, -0.15) is 18.2 Å². The van der Waals surface area contributed by atoms with Gasteiger partial charge in [-0.1, -0.05) is 0 Å². The van der Waals surface area contributed by atoms with Gasteiger partial charge in [-0.15, -0.1) is 0 Å². The molecule has 0 saturated carbocycles. The fraction of sp³-hybridized carbons (Fsp3) is 0.583. The number of nitrogens with one attached hydrogen (secondary N) is 1. The average molecular weight is 319 g/mol. The Balaban J connectivity index is 2.05. The molecule has 2 heterocycles. The molecule has 10 heteroatoms. The number of aromatic nitrogens is 2.